The first kappa shape index (κ1) is 38.2. The van der Waals surface area contributed by atoms with Crippen LogP contribution in [0.25, 0.3) is 0 Å². The third-order valence-electron chi connectivity index (χ3n) is 7.46. The second kappa shape index (κ2) is 17.7. The standard InChI is InChI=1S/C31H47N5O7S.ClH/c1-23(2)21-36(44(40,41)26-13-14-27-28(19-26)43-22-42-27)31(39,20-25-10-6-5-7-11-25)16-18-35(34-30(38)15-17-33-4)24(3)9-8-12-29(32)37;/h5-7,10-11,13-14,19,23-24,33,39H,8-9,12,15-18,20-22H2,1-4H3,(H2,32,37)(H,34,38);1H. The molecule has 2 aromatic rings. The summed E-state index contributed by atoms with van der Waals surface area (Å²) in [6.07, 6.45) is 1.50. The summed E-state index contributed by atoms with van der Waals surface area (Å²) in [7, 11) is -2.49. The number of primary amides is 1. The van der Waals surface area contributed by atoms with Gasteiger partial charge in [-0.2, -0.15) is 4.31 Å². The minimum Gasteiger partial charge on any atom is -0.454 e. The number of nitrogens with one attached hydrogen (secondary N) is 2. The number of rotatable bonds is 19. The highest BCUT2D eigenvalue weighted by molar-refractivity contribution is 7.89. The molecule has 14 heteroatoms. The number of hydrogen-bond acceptors (Lipinski definition) is 9. The lowest BCUT2D eigenvalue weighted by atomic mass is 9.98. The van der Waals surface area contributed by atoms with Gasteiger partial charge in [0.1, 0.15) is 5.72 Å². The van der Waals surface area contributed by atoms with Gasteiger partial charge in [0.05, 0.1) is 4.90 Å². The summed E-state index contributed by atoms with van der Waals surface area (Å²) in [5.41, 5.74) is 7.14. The Kier molecular flexibility index (Phi) is 15.0. The average molecular weight is 670 g/mol. The van der Waals surface area contributed by atoms with Gasteiger partial charge in [0.25, 0.3) is 0 Å². The fraction of sp³-hybridized carbons (Fsp3) is 0.548. The second-order valence-corrected chi connectivity index (χ2v) is 13.5. The number of hydrazine groups is 1. The molecule has 0 saturated carbocycles. The number of amides is 2. The summed E-state index contributed by atoms with van der Waals surface area (Å²) < 4.78 is 40.6. The molecule has 45 heavy (non-hydrogen) atoms. The molecule has 5 N–H and O–H groups in total. The monoisotopic (exact) mass is 669 g/mol. The van der Waals surface area contributed by atoms with Crippen molar-refractivity contribution < 1.29 is 32.6 Å². The molecular formula is C31H48ClN5O7S. The van der Waals surface area contributed by atoms with Crippen LogP contribution in [0.15, 0.2) is 53.4 Å². The normalized spacial score (nSPS) is 14.7. The highest BCUT2D eigenvalue weighted by Gasteiger charge is 2.44. The molecule has 2 atom stereocenters. The van der Waals surface area contributed by atoms with E-state index >= 15 is 0 Å². The van der Waals surface area contributed by atoms with Crippen molar-refractivity contribution >= 4 is 34.2 Å². The first-order valence-electron chi connectivity index (χ1n) is 15.0. The zero-order valence-electron chi connectivity index (χ0n) is 26.5. The first-order valence-corrected chi connectivity index (χ1v) is 16.5. The highest BCUT2D eigenvalue weighted by atomic mass is 35.5. The lowest BCUT2D eigenvalue weighted by Gasteiger charge is -2.41. The van der Waals surface area contributed by atoms with Crippen molar-refractivity contribution in [2.45, 2.75) is 76.0 Å². The van der Waals surface area contributed by atoms with Crippen LogP contribution in [0.4, 0.5) is 0 Å². The van der Waals surface area contributed by atoms with E-state index in [0.717, 1.165) is 5.56 Å². The SMILES string of the molecule is CNCCC(=O)NN(CCC(O)(Cc1ccccc1)N(CC(C)C)S(=O)(=O)c1ccc2c(c1)OCO2)C(C)CCCC(N)=O.Cl. The topological polar surface area (TPSA) is 164 Å². The van der Waals surface area contributed by atoms with Crippen molar-refractivity contribution in [2.75, 3.05) is 33.5 Å². The lowest BCUT2D eigenvalue weighted by molar-refractivity contribution is -0.129. The molecule has 2 aromatic carbocycles. The minimum absolute atomic E-state index is 0. The van der Waals surface area contributed by atoms with Crippen molar-refractivity contribution in [3.63, 3.8) is 0 Å². The minimum atomic E-state index is -4.24. The molecule has 12 nitrogen and oxygen atoms in total. The summed E-state index contributed by atoms with van der Waals surface area (Å²) in [5, 5.41) is 17.2. The Morgan fingerprint density at radius 1 is 1.07 bits per heavy atom. The highest BCUT2D eigenvalue weighted by Crippen LogP contribution is 2.37. The van der Waals surface area contributed by atoms with Crippen LogP contribution in [0.3, 0.4) is 0 Å². The largest absolute Gasteiger partial charge is 0.454 e. The Morgan fingerprint density at radius 2 is 1.76 bits per heavy atom. The Bertz CT molecular complexity index is 1350. The van der Waals surface area contributed by atoms with Crippen molar-refractivity contribution in [1.29, 1.82) is 0 Å². The molecule has 0 aliphatic carbocycles. The summed E-state index contributed by atoms with van der Waals surface area (Å²) in [4.78, 5) is 24.1. The van der Waals surface area contributed by atoms with Crippen molar-refractivity contribution in [2.24, 2.45) is 11.7 Å². The molecule has 0 radical (unpaired) electrons. The Morgan fingerprint density at radius 3 is 2.40 bits per heavy atom. The number of halogens is 1. The second-order valence-electron chi connectivity index (χ2n) is 11.6. The summed E-state index contributed by atoms with van der Waals surface area (Å²) >= 11 is 0. The lowest BCUT2D eigenvalue weighted by Crippen LogP contribution is -2.57. The van der Waals surface area contributed by atoms with Crippen LogP contribution in [0, 0.1) is 5.92 Å². The van der Waals surface area contributed by atoms with Gasteiger partial charge in [-0.25, -0.2) is 13.4 Å². The van der Waals surface area contributed by atoms with Gasteiger partial charge in [-0.15, -0.1) is 12.4 Å². The Labute approximate surface area is 273 Å². The molecule has 0 bridgehead atoms. The zero-order valence-corrected chi connectivity index (χ0v) is 28.2. The number of aliphatic hydroxyl groups is 1. The van der Waals surface area contributed by atoms with Crippen LogP contribution in [0.5, 0.6) is 11.5 Å². The maximum Gasteiger partial charge on any atom is 0.245 e. The number of nitrogens with two attached hydrogens (primary N) is 1. The van der Waals surface area contributed by atoms with Crippen LogP contribution < -0.4 is 25.9 Å². The van der Waals surface area contributed by atoms with Gasteiger partial charge >= 0.3 is 0 Å². The fourth-order valence-electron chi connectivity index (χ4n) is 5.08. The number of carbonyl (C=O) groups excluding carboxylic acids is 2. The first-order chi connectivity index (χ1) is 20.9. The predicted molar refractivity (Wildman–Crippen MR) is 174 cm³/mol. The molecule has 3 rings (SSSR count). The summed E-state index contributed by atoms with van der Waals surface area (Å²) in [6.45, 7) is 6.34. The number of sulfonamides is 1. The number of ether oxygens (including phenoxy) is 2. The number of fused-ring (bicyclic) bond motifs is 1. The van der Waals surface area contributed by atoms with Crippen LogP contribution >= 0.6 is 12.4 Å². The van der Waals surface area contributed by atoms with Gasteiger partial charge in [-0.05, 0) is 50.4 Å². The van der Waals surface area contributed by atoms with E-state index in [1.807, 2.05) is 51.1 Å². The molecule has 0 saturated heterocycles. The van der Waals surface area contributed by atoms with Crippen LogP contribution in [-0.2, 0) is 26.0 Å². The fourth-order valence-corrected chi connectivity index (χ4v) is 6.93. The summed E-state index contributed by atoms with van der Waals surface area (Å²) in [6, 6.07) is 13.4. The van der Waals surface area contributed by atoms with E-state index in [-0.39, 0.29) is 80.7 Å². The molecule has 1 heterocycles. The van der Waals surface area contributed by atoms with E-state index in [2.05, 4.69) is 10.7 Å². The molecule has 0 fully saturated rings. The number of carbonyl (C=O) groups is 2. The van der Waals surface area contributed by atoms with Crippen molar-refractivity contribution in [3.05, 3.63) is 54.1 Å². The van der Waals surface area contributed by atoms with E-state index < -0.39 is 21.7 Å². The van der Waals surface area contributed by atoms with Gasteiger partial charge in [-0.1, -0.05) is 44.2 Å². The Hall–Kier alpha value is -2.94. The molecule has 2 unspecified atom stereocenters. The van der Waals surface area contributed by atoms with Gasteiger partial charge in [0.2, 0.25) is 28.6 Å². The van der Waals surface area contributed by atoms with Crippen LogP contribution in [0.2, 0.25) is 0 Å². The van der Waals surface area contributed by atoms with E-state index in [4.69, 9.17) is 15.2 Å². The van der Waals surface area contributed by atoms with E-state index in [1.165, 1.54) is 16.4 Å². The third-order valence-corrected chi connectivity index (χ3v) is 9.38. The van der Waals surface area contributed by atoms with E-state index in [9.17, 15) is 23.1 Å². The summed E-state index contributed by atoms with van der Waals surface area (Å²) in [5.74, 6) is 0.0271. The molecule has 252 valence electrons. The van der Waals surface area contributed by atoms with E-state index in [1.54, 1.807) is 18.1 Å². The van der Waals surface area contributed by atoms with Gasteiger partial charge in [-0.3, -0.25) is 15.0 Å². The van der Waals surface area contributed by atoms with Crippen molar-refractivity contribution in [3.8, 4) is 11.5 Å². The maximum atomic E-state index is 14.3. The molecule has 2 amide bonds. The van der Waals surface area contributed by atoms with Gasteiger partial charge in [0, 0.05) is 57.4 Å². The van der Waals surface area contributed by atoms with Crippen LogP contribution in [-0.4, -0.2) is 79.9 Å². The Balaban J connectivity index is 0.00000705. The number of hydrogen-bond donors (Lipinski definition) is 4. The average Bonchev–Trinajstić information content (AvgIpc) is 3.45. The van der Waals surface area contributed by atoms with Gasteiger partial charge in [0.15, 0.2) is 11.5 Å². The maximum absolute atomic E-state index is 14.3. The molecule has 1 aliphatic rings. The molecule has 0 spiro atoms. The molecular weight excluding hydrogens is 622 g/mol. The zero-order chi connectivity index (χ0) is 32.3. The molecule has 1 aliphatic heterocycles. The quantitative estimate of drug-likeness (QED) is 0.130. The smallest absolute Gasteiger partial charge is 0.245 e. The van der Waals surface area contributed by atoms with E-state index in [0.29, 0.717) is 30.9 Å². The van der Waals surface area contributed by atoms with Gasteiger partial charge < -0.3 is 25.6 Å². The predicted octanol–water partition coefficient (Wildman–Crippen LogP) is 2.79. The number of benzene rings is 2. The molecule has 0 aromatic heterocycles. The van der Waals surface area contributed by atoms with Crippen molar-refractivity contribution in [1.82, 2.24) is 20.1 Å². The van der Waals surface area contributed by atoms with Crippen LogP contribution in [0.1, 0.15) is 58.4 Å². The third kappa shape index (κ3) is 11.1. The number of nitrogens with zero attached hydrogens (tertiary/aromatic N) is 2.